The van der Waals surface area contributed by atoms with Crippen molar-refractivity contribution in [3.8, 4) is 11.5 Å². The maximum atomic E-state index is 12.2. The lowest BCUT2D eigenvalue weighted by atomic mass is 10.0. The van der Waals surface area contributed by atoms with Crippen LogP contribution in [0.3, 0.4) is 0 Å². The van der Waals surface area contributed by atoms with Gasteiger partial charge >= 0.3 is 0 Å². The van der Waals surface area contributed by atoms with E-state index in [-0.39, 0.29) is 18.7 Å². The van der Waals surface area contributed by atoms with E-state index >= 15 is 0 Å². The van der Waals surface area contributed by atoms with Gasteiger partial charge < -0.3 is 9.47 Å². The molecule has 8 heteroatoms. The minimum Gasteiger partial charge on any atom is -0.454 e. The van der Waals surface area contributed by atoms with Crippen LogP contribution in [0.1, 0.15) is 24.4 Å². The first kappa shape index (κ1) is 14.4. The number of nitrogens with one attached hydrogen (secondary N) is 1. The number of nitrogens with zero attached hydrogens (tertiary/aromatic N) is 3. The van der Waals surface area contributed by atoms with Crippen LogP contribution >= 0.6 is 11.3 Å². The monoisotopic (exact) mass is 332 g/mol. The van der Waals surface area contributed by atoms with Crippen LogP contribution in [0.4, 0.5) is 5.13 Å². The van der Waals surface area contributed by atoms with Crippen molar-refractivity contribution in [2.24, 2.45) is 0 Å². The largest absolute Gasteiger partial charge is 0.454 e. The van der Waals surface area contributed by atoms with E-state index < -0.39 is 0 Å². The van der Waals surface area contributed by atoms with E-state index in [9.17, 15) is 4.79 Å². The molecule has 120 valence electrons. The quantitative estimate of drug-likeness (QED) is 0.923. The van der Waals surface area contributed by atoms with Crippen molar-refractivity contribution in [3.05, 3.63) is 29.3 Å². The van der Waals surface area contributed by atoms with Crippen molar-refractivity contribution >= 4 is 22.4 Å². The van der Waals surface area contributed by atoms with E-state index in [2.05, 4.69) is 26.5 Å². The Morgan fingerprint density at radius 3 is 3.17 bits per heavy atom. The van der Waals surface area contributed by atoms with Gasteiger partial charge in [0.2, 0.25) is 17.8 Å². The molecule has 1 saturated heterocycles. The minimum absolute atomic E-state index is 0.0607. The Bertz CT molecular complexity index is 707. The molecule has 3 heterocycles. The minimum atomic E-state index is -0.0607. The molecule has 1 N–H and O–H groups in total. The van der Waals surface area contributed by atoms with Crippen LogP contribution < -0.4 is 14.8 Å². The third kappa shape index (κ3) is 2.99. The Kier molecular flexibility index (Phi) is 3.84. The Balaban J connectivity index is 1.45. The molecule has 4 rings (SSSR count). The molecule has 2 aromatic rings. The van der Waals surface area contributed by atoms with Gasteiger partial charge in [0.05, 0.1) is 6.54 Å². The summed E-state index contributed by atoms with van der Waals surface area (Å²) in [7, 11) is 0. The van der Waals surface area contributed by atoms with Gasteiger partial charge in [0.15, 0.2) is 11.5 Å². The summed E-state index contributed by atoms with van der Waals surface area (Å²) in [5.41, 5.74) is 2.76. The van der Waals surface area contributed by atoms with Gasteiger partial charge in [-0.15, -0.1) is 10.2 Å². The van der Waals surface area contributed by atoms with Crippen molar-refractivity contribution in [2.75, 3.05) is 25.2 Å². The summed E-state index contributed by atoms with van der Waals surface area (Å²) in [6.07, 6.45) is 2.11. The number of fused-ring (bicyclic) bond motifs is 1. The van der Waals surface area contributed by atoms with Crippen molar-refractivity contribution in [1.29, 1.82) is 0 Å². The number of anilines is 1. The smallest absolute Gasteiger partial charge is 0.240 e. The normalized spacial score (nSPS) is 19.9. The molecule has 0 spiro atoms. The maximum Gasteiger partial charge on any atom is 0.240 e. The fourth-order valence-corrected chi connectivity index (χ4v) is 3.55. The summed E-state index contributed by atoms with van der Waals surface area (Å²) in [4.78, 5) is 14.4. The van der Waals surface area contributed by atoms with Gasteiger partial charge in [0, 0.05) is 6.04 Å². The predicted octanol–water partition coefficient (Wildman–Crippen LogP) is 2.04. The highest BCUT2D eigenvalue weighted by atomic mass is 32.1. The van der Waals surface area contributed by atoms with Gasteiger partial charge in [-0.2, -0.15) is 0 Å². The lowest BCUT2D eigenvalue weighted by molar-refractivity contribution is -0.117. The number of hydrogen-bond donors (Lipinski definition) is 1. The summed E-state index contributed by atoms with van der Waals surface area (Å²) in [6, 6.07) is 6.24. The van der Waals surface area contributed by atoms with E-state index in [1.165, 1.54) is 11.3 Å². The number of rotatable bonds is 4. The molecule has 0 radical (unpaired) electrons. The molecule has 1 aromatic heterocycles. The predicted molar refractivity (Wildman–Crippen MR) is 84.7 cm³/mol. The molecule has 2 aliphatic rings. The third-order valence-corrected chi connectivity index (χ3v) is 4.70. The van der Waals surface area contributed by atoms with Gasteiger partial charge in [0.25, 0.3) is 0 Å². The van der Waals surface area contributed by atoms with E-state index in [1.54, 1.807) is 5.51 Å². The van der Waals surface area contributed by atoms with Crippen molar-refractivity contribution < 1.29 is 14.3 Å². The van der Waals surface area contributed by atoms with E-state index in [4.69, 9.17) is 9.47 Å². The van der Waals surface area contributed by atoms with Crippen LogP contribution in [0.5, 0.6) is 11.5 Å². The average Bonchev–Trinajstić information content (AvgIpc) is 3.27. The Hall–Kier alpha value is -2.19. The van der Waals surface area contributed by atoms with Crippen molar-refractivity contribution in [1.82, 2.24) is 15.1 Å². The molecule has 1 atom stereocenters. The summed E-state index contributed by atoms with van der Waals surface area (Å²) in [6.45, 7) is 1.53. The standard InChI is InChI=1S/C15H16N4O3S/c20-14(17-15-18-16-8-23-15)7-19-5-1-2-11(19)10-3-4-12-13(6-10)22-9-21-12/h3-4,6,8,11H,1-2,5,7,9H2,(H,17,18,20)/t11-/m1/s1. The topological polar surface area (TPSA) is 76.6 Å². The fraction of sp³-hybridized carbons (Fsp3) is 0.400. The number of likely N-dealkylation sites (tertiary alicyclic amines) is 1. The molecule has 2 aliphatic heterocycles. The zero-order chi connectivity index (χ0) is 15.6. The lowest BCUT2D eigenvalue weighted by Gasteiger charge is -2.24. The molecule has 0 unspecified atom stereocenters. The zero-order valence-corrected chi connectivity index (χ0v) is 13.2. The summed E-state index contributed by atoms with van der Waals surface area (Å²) in [5.74, 6) is 1.51. The summed E-state index contributed by atoms with van der Waals surface area (Å²) < 4.78 is 10.8. The second kappa shape index (κ2) is 6.13. The van der Waals surface area contributed by atoms with Crippen molar-refractivity contribution in [3.63, 3.8) is 0 Å². The van der Waals surface area contributed by atoms with Crippen LogP contribution in [0.15, 0.2) is 23.7 Å². The molecule has 1 amide bonds. The SMILES string of the molecule is O=C(CN1CCC[C@@H]1c1ccc2c(c1)OCO2)Nc1nncs1. The summed E-state index contributed by atoms with van der Waals surface area (Å²) >= 11 is 1.32. The molecule has 1 aromatic carbocycles. The molecule has 1 fully saturated rings. The van der Waals surface area contributed by atoms with Crippen LogP contribution in [0.25, 0.3) is 0 Å². The average molecular weight is 332 g/mol. The Labute approximate surface area is 137 Å². The van der Waals surface area contributed by atoms with Gasteiger partial charge in [-0.3, -0.25) is 15.0 Å². The van der Waals surface area contributed by atoms with E-state index in [1.807, 2.05) is 12.1 Å². The number of carbonyl (C=O) groups excluding carboxylic acids is 1. The van der Waals surface area contributed by atoms with Gasteiger partial charge in [-0.25, -0.2) is 0 Å². The second-order valence-corrected chi connectivity index (χ2v) is 6.37. The Morgan fingerprint density at radius 1 is 1.39 bits per heavy atom. The van der Waals surface area contributed by atoms with E-state index in [0.717, 1.165) is 36.4 Å². The highest BCUT2D eigenvalue weighted by Crippen LogP contribution is 2.38. The van der Waals surface area contributed by atoms with Gasteiger partial charge in [-0.05, 0) is 37.1 Å². The molecule has 0 aliphatic carbocycles. The fourth-order valence-electron chi connectivity index (χ4n) is 3.08. The summed E-state index contributed by atoms with van der Waals surface area (Å²) in [5, 5.41) is 10.9. The molecule has 23 heavy (non-hydrogen) atoms. The first-order valence-electron chi connectivity index (χ1n) is 7.49. The van der Waals surface area contributed by atoms with Crippen LogP contribution in [-0.4, -0.2) is 40.9 Å². The number of hydrogen-bond acceptors (Lipinski definition) is 7. The molecule has 0 saturated carbocycles. The number of amides is 1. The number of aromatic nitrogens is 2. The first-order chi connectivity index (χ1) is 11.3. The lowest BCUT2D eigenvalue weighted by Crippen LogP contribution is -2.32. The first-order valence-corrected chi connectivity index (χ1v) is 8.37. The molecular weight excluding hydrogens is 316 g/mol. The number of ether oxygens (including phenoxy) is 2. The van der Waals surface area contributed by atoms with Crippen molar-refractivity contribution in [2.45, 2.75) is 18.9 Å². The third-order valence-electron chi connectivity index (χ3n) is 4.10. The van der Waals surface area contributed by atoms with Crippen LogP contribution in [-0.2, 0) is 4.79 Å². The number of benzene rings is 1. The highest BCUT2D eigenvalue weighted by molar-refractivity contribution is 7.13. The Morgan fingerprint density at radius 2 is 2.30 bits per heavy atom. The molecule has 7 nitrogen and oxygen atoms in total. The second-order valence-electron chi connectivity index (χ2n) is 5.53. The molecule has 0 bridgehead atoms. The van der Waals surface area contributed by atoms with E-state index in [0.29, 0.717) is 11.7 Å². The van der Waals surface area contributed by atoms with Gasteiger partial charge in [-0.1, -0.05) is 17.4 Å². The highest BCUT2D eigenvalue weighted by Gasteiger charge is 2.29. The molecular formula is C15H16N4O3S. The zero-order valence-electron chi connectivity index (χ0n) is 12.4. The van der Waals surface area contributed by atoms with Crippen LogP contribution in [0, 0.1) is 0 Å². The number of carbonyl (C=O) groups is 1. The van der Waals surface area contributed by atoms with Crippen LogP contribution in [0.2, 0.25) is 0 Å². The van der Waals surface area contributed by atoms with Gasteiger partial charge in [0.1, 0.15) is 5.51 Å². The maximum absolute atomic E-state index is 12.2.